The monoisotopic (exact) mass is 495 g/mol. The lowest BCUT2D eigenvalue weighted by Gasteiger charge is -2.14. The maximum absolute atomic E-state index is 12.2. The zero-order valence-electron chi connectivity index (χ0n) is 22.1. The van der Waals surface area contributed by atoms with Gasteiger partial charge < -0.3 is 19.5 Å². The summed E-state index contributed by atoms with van der Waals surface area (Å²) in [4.78, 5) is 12.2. The first-order chi connectivity index (χ1) is 17.8. The highest BCUT2D eigenvalue weighted by Crippen LogP contribution is 2.44. The van der Waals surface area contributed by atoms with Crippen molar-refractivity contribution >= 4 is 6.09 Å². The second-order valence-electron chi connectivity index (χ2n) is 9.66. The van der Waals surface area contributed by atoms with E-state index in [1.165, 1.54) is 80.0 Å². The molecule has 3 rings (SSSR count). The molecular weight excluding hydrogens is 450 g/mol. The average molecular weight is 496 g/mol. The van der Waals surface area contributed by atoms with Gasteiger partial charge in [0.25, 0.3) is 0 Å². The molecule has 2 aromatic carbocycles. The average Bonchev–Trinajstić information content (AvgIpc) is 3.23. The highest BCUT2D eigenvalue weighted by atomic mass is 16.5. The van der Waals surface area contributed by atoms with E-state index in [-0.39, 0.29) is 5.92 Å². The van der Waals surface area contributed by atoms with Gasteiger partial charge in [0.2, 0.25) is 0 Å². The number of hydrogen-bond donors (Lipinski definition) is 1. The van der Waals surface area contributed by atoms with Gasteiger partial charge in [-0.2, -0.15) is 0 Å². The van der Waals surface area contributed by atoms with Gasteiger partial charge in [0.15, 0.2) is 0 Å². The number of rotatable bonds is 19. The van der Waals surface area contributed by atoms with Crippen LogP contribution in [0.3, 0.4) is 0 Å². The zero-order valence-corrected chi connectivity index (χ0v) is 22.1. The first kappa shape index (κ1) is 28.2. The maximum Gasteiger partial charge on any atom is 0.407 e. The lowest BCUT2D eigenvalue weighted by atomic mass is 9.98. The van der Waals surface area contributed by atoms with E-state index in [1.54, 1.807) is 0 Å². The Labute approximate surface area is 217 Å². The minimum Gasteiger partial charge on any atom is -0.449 e. The molecule has 0 aromatic heterocycles. The van der Waals surface area contributed by atoms with Crippen LogP contribution in [0.25, 0.3) is 11.1 Å². The van der Waals surface area contributed by atoms with Gasteiger partial charge in [-0.3, -0.25) is 0 Å². The number of alkyl carbamates (subject to hydrolysis) is 1. The molecule has 0 spiro atoms. The number of carbonyl (C=O) groups excluding carboxylic acids is 1. The molecule has 1 N–H and O–H groups in total. The molecule has 1 aliphatic carbocycles. The van der Waals surface area contributed by atoms with Crippen molar-refractivity contribution in [3.05, 3.63) is 59.7 Å². The van der Waals surface area contributed by atoms with Crippen LogP contribution < -0.4 is 5.32 Å². The van der Waals surface area contributed by atoms with E-state index in [1.807, 2.05) is 12.1 Å². The van der Waals surface area contributed by atoms with Crippen LogP contribution in [0.5, 0.6) is 0 Å². The Kier molecular flexibility index (Phi) is 13.4. The van der Waals surface area contributed by atoms with Crippen LogP contribution in [0.4, 0.5) is 4.79 Å². The van der Waals surface area contributed by atoms with Gasteiger partial charge in [0.05, 0.1) is 19.8 Å². The second kappa shape index (κ2) is 17.1. The molecule has 0 heterocycles. The van der Waals surface area contributed by atoms with Crippen LogP contribution >= 0.6 is 0 Å². The van der Waals surface area contributed by atoms with Gasteiger partial charge in [-0.15, -0.1) is 0 Å². The highest BCUT2D eigenvalue weighted by Gasteiger charge is 2.28. The van der Waals surface area contributed by atoms with Crippen molar-refractivity contribution in [1.29, 1.82) is 0 Å². The fourth-order valence-corrected chi connectivity index (χ4v) is 4.89. The number of nitrogens with one attached hydrogen (secondary N) is 1. The van der Waals surface area contributed by atoms with E-state index in [2.05, 4.69) is 48.6 Å². The number of ether oxygens (including phenoxy) is 3. The number of fused-ring (bicyclic) bond motifs is 3. The standard InChI is InChI=1S/C31H45NO4/c1-2-3-4-5-6-7-8-9-10-15-21-34-23-24-35-22-20-32-31(33)36-25-30-28-18-13-11-16-26(28)27-17-12-14-19-29(27)30/h11-14,16-19,30H,2-10,15,20-25H2,1H3,(H,32,33). The van der Waals surface area contributed by atoms with E-state index in [9.17, 15) is 4.79 Å². The largest absolute Gasteiger partial charge is 0.449 e. The van der Waals surface area contributed by atoms with Crippen LogP contribution in [0, 0.1) is 0 Å². The third-order valence-electron chi connectivity index (χ3n) is 6.87. The van der Waals surface area contributed by atoms with Crippen LogP contribution in [0.15, 0.2) is 48.5 Å². The summed E-state index contributed by atoms with van der Waals surface area (Å²) in [6, 6.07) is 16.7. The maximum atomic E-state index is 12.2. The summed E-state index contributed by atoms with van der Waals surface area (Å²) >= 11 is 0. The first-order valence-corrected chi connectivity index (χ1v) is 14.1. The van der Waals surface area contributed by atoms with Crippen molar-refractivity contribution < 1.29 is 19.0 Å². The molecule has 0 radical (unpaired) electrons. The molecule has 0 saturated carbocycles. The predicted octanol–water partition coefficient (Wildman–Crippen LogP) is 7.48. The Bertz CT molecular complexity index is 839. The third kappa shape index (κ3) is 9.59. The van der Waals surface area contributed by atoms with E-state index in [0.717, 1.165) is 13.0 Å². The Morgan fingerprint density at radius 2 is 1.22 bits per heavy atom. The van der Waals surface area contributed by atoms with Gasteiger partial charge in [0, 0.05) is 19.1 Å². The lowest BCUT2D eigenvalue weighted by molar-refractivity contribution is 0.0468. The fourth-order valence-electron chi connectivity index (χ4n) is 4.89. The zero-order chi connectivity index (χ0) is 25.3. The number of amides is 1. The molecule has 5 heteroatoms. The van der Waals surface area contributed by atoms with Gasteiger partial charge >= 0.3 is 6.09 Å². The Hall–Kier alpha value is -2.37. The molecule has 2 aromatic rings. The summed E-state index contributed by atoms with van der Waals surface area (Å²) in [6.45, 7) is 5.42. The summed E-state index contributed by atoms with van der Waals surface area (Å²) in [7, 11) is 0. The van der Waals surface area contributed by atoms with Gasteiger partial charge in [-0.1, -0.05) is 113 Å². The molecule has 0 aliphatic heterocycles. The van der Waals surface area contributed by atoms with Crippen LogP contribution in [0.2, 0.25) is 0 Å². The number of carbonyl (C=O) groups is 1. The van der Waals surface area contributed by atoms with E-state index in [0.29, 0.717) is 33.0 Å². The molecule has 1 amide bonds. The van der Waals surface area contributed by atoms with Crippen molar-refractivity contribution in [2.75, 3.05) is 39.6 Å². The van der Waals surface area contributed by atoms with E-state index in [4.69, 9.17) is 14.2 Å². The third-order valence-corrected chi connectivity index (χ3v) is 6.87. The van der Waals surface area contributed by atoms with E-state index < -0.39 is 6.09 Å². The lowest BCUT2D eigenvalue weighted by Crippen LogP contribution is -2.29. The van der Waals surface area contributed by atoms with Gasteiger partial charge in [-0.25, -0.2) is 4.79 Å². The number of unbranched alkanes of at least 4 members (excludes halogenated alkanes) is 9. The molecule has 198 valence electrons. The quantitative estimate of drug-likeness (QED) is 0.205. The SMILES string of the molecule is CCCCCCCCCCCCOCCOCCNC(=O)OCC1c2ccccc2-c2ccccc21. The first-order valence-electron chi connectivity index (χ1n) is 14.1. The van der Waals surface area contributed by atoms with Crippen LogP contribution in [0.1, 0.15) is 88.2 Å². The van der Waals surface area contributed by atoms with Crippen molar-refractivity contribution in [2.24, 2.45) is 0 Å². The smallest absolute Gasteiger partial charge is 0.407 e. The summed E-state index contributed by atoms with van der Waals surface area (Å²) < 4.78 is 16.7. The molecule has 5 nitrogen and oxygen atoms in total. The molecule has 0 atom stereocenters. The Balaban J connectivity index is 1.14. The van der Waals surface area contributed by atoms with E-state index >= 15 is 0 Å². The number of hydrogen-bond acceptors (Lipinski definition) is 4. The highest BCUT2D eigenvalue weighted by molar-refractivity contribution is 5.79. The Morgan fingerprint density at radius 1 is 0.694 bits per heavy atom. The fraction of sp³-hybridized carbons (Fsp3) is 0.581. The summed E-state index contributed by atoms with van der Waals surface area (Å²) in [5.41, 5.74) is 4.89. The minimum atomic E-state index is -0.405. The molecule has 1 aliphatic rings. The summed E-state index contributed by atoms with van der Waals surface area (Å²) in [5.74, 6) is 0.0760. The Morgan fingerprint density at radius 3 is 1.83 bits per heavy atom. The van der Waals surface area contributed by atoms with Gasteiger partial charge in [0.1, 0.15) is 6.61 Å². The molecule has 0 saturated heterocycles. The topological polar surface area (TPSA) is 56.8 Å². The van der Waals surface area contributed by atoms with Crippen molar-refractivity contribution in [3.8, 4) is 11.1 Å². The van der Waals surface area contributed by atoms with Crippen LogP contribution in [-0.2, 0) is 14.2 Å². The molecule has 0 bridgehead atoms. The van der Waals surface area contributed by atoms with Gasteiger partial charge in [-0.05, 0) is 28.7 Å². The van der Waals surface area contributed by atoms with Crippen molar-refractivity contribution in [3.63, 3.8) is 0 Å². The normalized spacial score (nSPS) is 12.4. The van der Waals surface area contributed by atoms with Crippen molar-refractivity contribution in [1.82, 2.24) is 5.32 Å². The molecular formula is C31H45NO4. The summed E-state index contributed by atoms with van der Waals surface area (Å²) in [5, 5.41) is 2.78. The second-order valence-corrected chi connectivity index (χ2v) is 9.66. The number of benzene rings is 2. The van der Waals surface area contributed by atoms with Crippen molar-refractivity contribution in [2.45, 2.75) is 77.0 Å². The molecule has 0 fully saturated rings. The predicted molar refractivity (Wildman–Crippen MR) is 147 cm³/mol. The molecule has 36 heavy (non-hydrogen) atoms. The molecule has 0 unspecified atom stereocenters. The van der Waals surface area contributed by atoms with Crippen LogP contribution in [-0.4, -0.2) is 45.7 Å². The minimum absolute atomic E-state index is 0.0760. The summed E-state index contributed by atoms with van der Waals surface area (Å²) in [6.07, 6.45) is 12.9.